The molecule has 0 saturated carbocycles. The predicted octanol–water partition coefficient (Wildman–Crippen LogP) is 0.116. The zero-order chi connectivity index (χ0) is 15.1. The lowest BCUT2D eigenvalue weighted by Crippen LogP contribution is -2.50. The molecule has 20 heavy (non-hydrogen) atoms. The number of benzene rings is 1. The van der Waals surface area contributed by atoms with E-state index < -0.39 is 24.0 Å². The van der Waals surface area contributed by atoms with Gasteiger partial charge in [-0.05, 0) is 18.9 Å². The standard InChI is InChI=1S/C13H16N4O3/c1-9(13(19)20)17(8-16-15)12(18)11(14)7-10-5-3-2-4-6-10/h2-6,8-9,11H,7,14H2,1H3,(H,19,20)/t9-,11-/m0/s1. The molecule has 1 rings (SSSR count). The highest BCUT2D eigenvalue weighted by atomic mass is 16.4. The van der Waals surface area contributed by atoms with Gasteiger partial charge in [0.15, 0.2) is 6.04 Å². The molecule has 0 aliphatic carbocycles. The number of carbonyl (C=O) groups is 2. The molecule has 2 atom stereocenters. The summed E-state index contributed by atoms with van der Waals surface area (Å²) in [5.41, 5.74) is 15.2. The quantitative estimate of drug-likeness (QED) is 0.331. The van der Waals surface area contributed by atoms with Crippen LogP contribution in [0, 0.1) is 0 Å². The molecule has 106 valence electrons. The van der Waals surface area contributed by atoms with Gasteiger partial charge in [0, 0.05) is 0 Å². The maximum Gasteiger partial charge on any atom is 0.349 e. The van der Waals surface area contributed by atoms with Crippen molar-refractivity contribution in [1.29, 1.82) is 0 Å². The third-order valence-electron chi connectivity index (χ3n) is 2.82. The Kier molecular flexibility index (Phi) is 5.58. The fourth-order valence-corrected chi connectivity index (χ4v) is 1.67. The maximum absolute atomic E-state index is 12.1. The summed E-state index contributed by atoms with van der Waals surface area (Å²) in [5.74, 6) is -1.84. The van der Waals surface area contributed by atoms with Gasteiger partial charge in [0.1, 0.15) is 6.04 Å². The highest BCUT2D eigenvalue weighted by Crippen LogP contribution is 2.06. The van der Waals surface area contributed by atoms with Gasteiger partial charge in [0.2, 0.25) is 0 Å². The lowest BCUT2D eigenvalue weighted by molar-refractivity contribution is -0.148. The first-order chi connectivity index (χ1) is 9.47. The first kappa shape index (κ1) is 15.6. The number of carboxylic acids is 1. The van der Waals surface area contributed by atoms with Crippen molar-refractivity contribution in [3.63, 3.8) is 0 Å². The average Bonchev–Trinajstić information content (AvgIpc) is 2.44. The number of carboxylic acid groups (broad SMARTS) is 1. The molecule has 0 bridgehead atoms. The van der Waals surface area contributed by atoms with Gasteiger partial charge in [0.05, 0.1) is 0 Å². The number of hydrogen-bond donors (Lipinski definition) is 2. The van der Waals surface area contributed by atoms with Crippen LogP contribution >= 0.6 is 0 Å². The second kappa shape index (κ2) is 7.18. The minimum atomic E-state index is -1.22. The van der Waals surface area contributed by atoms with Gasteiger partial charge in [-0.1, -0.05) is 30.3 Å². The second-order valence-corrected chi connectivity index (χ2v) is 4.29. The van der Waals surface area contributed by atoms with Crippen molar-refractivity contribution in [2.45, 2.75) is 25.4 Å². The van der Waals surface area contributed by atoms with Crippen molar-refractivity contribution in [3.05, 3.63) is 41.4 Å². The van der Waals surface area contributed by atoms with Crippen LogP contribution < -0.4 is 5.73 Å². The summed E-state index contributed by atoms with van der Waals surface area (Å²) in [6, 6.07) is 7.03. The largest absolute Gasteiger partial charge is 0.498 e. The Labute approximate surface area is 116 Å². The lowest BCUT2D eigenvalue weighted by atomic mass is 10.1. The van der Waals surface area contributed by atoms with Gasteiger partial charge in [-0.3, -0.25) is 0 Å². The van der Waals surface area contributed by atoms with Crippen LogP contribution in [0.1, 0.15) is 12.5 Å². The molecule has 0 radical (unpaired) electrons. The fraction of sp³-hybridized carbons (Fsp3) is 0.308. The minimum absolute atomic E-state index is 0.266. The summed E-state index contributed by atoms with van der Waals surface area (Å²) in [6.45, 7) is 1.30. The highest BCUT2D eigenvalue weighted by Gasteiger charge is 2.34. The van der Waals surface area contributed by atoms with Gasteiger partial charge in [-0.2, -0.15) is 4.90 Å². The second-order valence-electron chi connectivity index (χ2n) is 4.29. The van der Waals surface area contributed by atoms with Gasteiger partial charge in [-0.25, -0.2) is 9.59 Å². The molecule has 1 amide bonds. The normalized spacial score (nSPS) is 12.9. The van der Waals surface area contributed by atoms with Crippen molar-refractivity contribution in [3.8, 4) is 0 Å². The molecule has 0 aliphatic heterocycles. The van der Waals surface area contributed by atoms with Crippen LogP contribution in [-0.2, 0) is 16.0 Å². The van der Waals surface area contributed by atoms with Crippen molar-refractivity contribution >= 4 is 18.2 Å². The summed E-state index contributed by atoms with van der Waals surface area (Å²) in [5, 5.41) is 8.92. The van der Waals surface area contributed by atoms with Crippen LogP contribution in [0.3, 0.4) is 0 Å². The molecular weight excluding hydrogens is 260 g/mol. The summed E-state index contributed by atoms with van der Waals surface area (Å²) in [6.07, 6.45) is 1.02. The molecule has 0 aliphatic rings. The molecule has 0 fully saturated rings. The Morgan fingerprint density at radius 2 is 2.05 bits per heavy atom. The molecule has 0 saturated heterocycles. The molecule has 7 nitrogen and oxygen atoms in total. The van der Waals surface area contributed by atoms with E-state index in [4.69, 9.17) is 16.4 Å². The van der Waals surface area contributed by atoms with Crippen LogP contribution in [0.2, 0.25) is 0 Å². The smallest absolute Gasteiger partial charge is 0.349 e. The monoisotopic (exact) mass is 276 g/mol. The fourth-order valence-electron chi connectivity index (χ4n) is 1.67. The van der Waals surface area contributed by atoms with Gasteiger partial charge in [0.25, 0.3) is 0 Å². The SMILES string of the molecule is C[C@@H](C(=O)O)N(C=[N+]=[N-])C(=O)[C@@H](N)Cc1ccccc1. The Balaban J connectivity index is 2.84. The Hall–Kier alpha value is -2.50. The number of hydrogen-bond acceptors (Lipinski definition) is 3. The molecule has 1 aromatic carbocycles. The van der Waals surface area contributed by atoms with Crippen LogP contribution in [-0.4, -0.2) is 45.1 Å². The Morgan fingerprint density at radius 3 is 2.55 bits per heavy atom. The Bertz CT molecular complexity index is 526. The summed E-state index contributed by atoms with van der Waals surface area (Å²) in [7, 11) is 0. The van der Waals surface area contributed by atoms with E-state index >= 15 is 0 Å². The highest BCUT2D eigenvalue weighted by molar-refractivity contribution is 5.94. The third-order valence-corrected chi connectivity index (χ3v) is 2.82. The van der Waals surface area contributed by atoms with Gasteiger partial charge < -0.3 is 21.2 Å². The van der Waals surface area contributed by atoms with E-state index in [1.54, 1.807) is 0 Å². The molecule has 1 aromatic rings. The number of amides is 1. The predicted molar refractivity (Wildman–Crippen MR) is 71.7 cm³/mol. The topological polar surface area (TPSA) is 120 Å². The number of nitrogens with two attached hydrogens (primary N) is 1. The molecular formula is C13H16N4O3. The molecule has 3 N–H and O–H groups in total. The van der Waals surface area contributed by atoms with Gasteiger partial charge >= 0.3 is 18.2 Å². The summed E-state index contributed by atoms with van der Waals surface area (Å²) in [4.78, 5) is 26.6. The molecule has 0 unspecified atom stereocenters. The molecule has 7 heteroatoms. The third kappa shape index (κ3) is 4.01. The molecule has 0 spiro atoms. The van der Waals surface area contributed by atoms with Crippen molar-refractivity contribution in [2.75, 3.05) is 0 Å². The first-order valence-corrected chi connectivity index (χ1v) is 5.99. The van der Waals surface area contributed by atoms with Crippen LogP contribution in [0.25, 0.3) is 5.53 Å². The molecule has 0 aromatic heterocycles. The Morgan fingerprint density at radius 1 is 1.45 bits per heavy atom. The lowest BCUT2D eigenvalue weighted by Gasteiger charge is -2.17. The van der Waals surface area contributed by atoms with E-state index in [1.165, 1.54) is 6.92 Å². The summed E-state index contributed by atoms with van der Waals surface area (Å²) >= 11 is 0. The van der Waals surface area contributed by atoms with Crippen molar-refractivity contribution in [1.82, 2.24) is 4.90 Å². The number of aliphatic carboxylic acids is 1. The van der Waals surface area contributed by atoms with E-state index in [2.05, 4.69) is 4.79 Å². The van der Waals surface area contributed by atoms with Crippen molar-refractivity contribution in [2.24, 2.45) is 5.73 Å². The van der Waals surface area contributed by atoms with Crippen LogP contribution in [0.4, 0.5) is 0 Å². The zero-order valence-corrected chi connectivity index (χ0v) is 11.0. The van der Waals surface area contributed by atoms with E-state index in [-0.39, 0.29) is 6.42 Å². The zero-order valence-electron chi connectivity index (χ0n) is 11.0. The number of rotatable bonds is 6. The number of carbonyl (C=O) groups excluding carboxylic acids is 1. The van der Waals surface area contributed by atoms with Crippen LogP contribution in [0.15, 0.2) is 30.3 Å². The van der Waals surface area contributed by atoms with Crippen molar-refractivity contribution < 1.29 is 19.5 Å². The summed E-state index contributed by atoms with van der Waals surface area (Å²) < 4.78 is 0. The van der Waals surface area contributed by atoms with E-state index in [9.17, 15) is 9.59 Å². The average molecular weight is 276 g/mol. The first-order valence-electron chi connectivity index (χ1n) is 5.99. The van der Waals surface area contributed by atoms with E-state index in [1.807, 2.05) is 30.3 Å². The number of nitrogens with zero attached hydrogens (tertiary/aromatic N) is 3. The van der Waals surface area contributed by atoms with E-state index in [0.29, 0.717) is 0 Å². The maximum atomic E-state index is 12.1. The molecule has 0 heterocycles. The van der Waals surface area contributed by atoms with Crippen LogP contribution in [0.5, 0.6) is 0 Å². The minimum Gasteiger partial charge on any atom is -0.498 e. The van der Waals surface area contributed by atoms with E-state index in [0.717, 1.165) is 16.8 Å². The van der Waals surface area contributed by atoms with Gasteiger partial charge in [-0.15, -0.1) is 0 Å².